The Balaban J connectivity index is 1.71. The van der Waals surface area contributed by atoms with E-state index in [9.17, 15) is 20.4 Å². The summed E-state index contributed by atoms with van der Waals surface area (Å²) in [5, 5.41) is 46.9. The maximum Gasteiger partial charge on any atom is 0.122 e. The number of benzene rings is 4. The maximum absolute atomic E-state index is 12.2. The van der Waals surface area contributed by atoms with Crippen molar-refractivity contribution in [1.82, 2.24) is 0 Å². The van der Waals surface area contributed by atoms with Gasteiger partial charge in [-0.05, 0) is 125 Å². The highest BCUT2D eigenvalue weighted by Gasteiger charge is 2.19. The molecule has 0 aliphatic heterocycles. The van der Waals surface area contributed by atoms with Gasteiger partial charge in [-0.15, -0.1) is 0 Å². The summed E-state index contributed by atoms with van der Waals surface area (Å²) in [5.74, 6) is 1.12. The highest BCUT2D eigenvalue weighted by molar-refractivity contribution is 5.55. The minimum absolute atomic E-state index is 0.252. The fourth-order valence-electron chi connectivity index (χ4n) is 9.16. The van der Waals surface area contributed by atoms with E-state index in [0.717, 1.165) is 96.7 Å². The van der Waals surface area contributed by atoms with Gasteiger partial charge in [0.1, 0.15) is 23.0 Å². The van der Waals surface area contributed by atoms with Crippen molar-refractivity contribution in [3.05, 3.63) is 116 Å². The topological polar surface area (TPSA) is 80.9 Å². The zero-order valence-electron chi connectivity index (χ0n) is 39.3. The van der Waals surface area contributed by atoms with Gasteiger partial charge in [-0.2, -0.15) is 0 Å². The maximum atomic E-state index is 12.2. The van der Waals surface area contributed by atoms with Crippen molar-refractivity contribution in [2.24, 2.45) is 0 Å². The van der Waals surface area contributed by atoms with E-state index in [2.05, 4.69) is 77.1 Å². The summed E-state index contributed by atoms with van der Waals surface area (Å²) in [5.41, 5.74) is 10.9. The second kappa shape index (κ2) is 27.9. The molecule has 4 aromatic rings. The van der Waals surface area contributed by atoms with Crippen molar-refractivity contribution < 1.29 is 20.4 Å². The fourth-order valence-corrected chi connectivity index (χ4v) is 9.16. The Bertz CT molecular complexity index is 1870. The molecule has 0 aromatic heterocycles. The molecule has 0 heterocycles. The summed E-state index contributed by atoms with van der Waals surface area (Å²) in [7, 11) is 0. The second-order valence-electron chi connectivity index (χ2n) is 18.3. The lowest BCUT2D eigenvalue weighted by Crippen LogP contribution is -2.02. The minimum atomic E-state index is 0.252. The lowest BCUT2D eigenvalue weighted by atomic mass is 9.89. The molecule has 4 N–H and O–H groups in total. The van der Waals surface area contributed by atoms with Crippen LogP contribution in [0.15, 0.2) is 54.6 Å². The van der Waals surface area contributed by atoms with Gasteiger partial charge >= 0.3 is 0 Å². The molecule has 336 valence electrons. The lowest BCUT2D eigenvalue weighted by Gasteiger charge is -2.18. The summed E-state index contributed by atoms with van der Waals surface area (Å²) < 4.78 is 0. The fraction of sp³-hybridized carbons (Fsp3) is 0.579. The molecule has 0 radical (unpaired) electrons. The van der Waals surface area contributed by atoms with Gasteiger partial charge in [0.15, 0.2) is 0 Å². The number of phenols is 4. The van der Waals surface area contributed by atoms with Gasteiger partial charge < -0.3 is 20.4 Å². The summed E-state index contributed by atoms with van der Waals surface area (Å²) in [6, 6.07) is 19.0. The molecule has 0 unspecified atom stereocenters. The second-order valence-corrected chi connectivity index (χ2v) is 18.3. The molecule has 0 saturated carbocycles. The average molecular weight is 833 g/mol. The predicted molar refractivity (Wildman–Crippen MR) is 260 cm³/mol. The van der Waals surface area contributed by atoms with Crippen molar-refractivity contribution in [2.45, 2.75) is 214 Å². The summed E-state index contributed by atoms with van der Waals surface area (Å²) in [6.07, 6.45) is 30.1. The van der Waals surface area contributed by atoms with E-state index in [1.807, 2.05) is 12.1 Å². The number of unbranched alkanes of at least 4 members (excludes halogenated alkanes) is 16. The van der Waals surface area contributed by atoms with Crippen LogP contribution in [0.3, 0.4) is 0 Å². The van der Waals surface area contributed by atoms with Gasteiger partial charge in [0.05, 0.1) is 0 Å². The number of aryl methyl sites for hydroxylation is 5. The van der Waals surface area contributed by atoms with Crippen LogP contribution in [0.4, 0.5) is 0 Å². The van der Waals surface area contributed by atoms with Crippen molar-refractivity contribution >= 4 is 0 Å². The van der Waals surface area contributed by atoms with E-state index in [4.69, 9.17) is 0 Å². The number of hydrogen-bond acceptors (Lipinski definition) is 4. The van der Waals surface area contributed by atoms with Gasteiger partial charge in [0.2, 0.25) is 0 Å². The summed E-state index contributed by atoms with van der Waals surface area (Å²) in [6.45, 7) is 11.1. The summed E-state index contributed by atoms with van der Waals surface area (Å²) >= 11 is 0. The number of phenolic OH excluding ortho intramolecular Hbond substituents is 4. The molecule has 0 amide bonds. The van der Waals surface area contributed by atoms with Crippen LogP contribution < -0.4 is 0 Å². The van der Waals surface area contributed by atoms with Crippen LogP contribution in [0.1, 0.15) is 224 Å². The van der Waals surface area contributed by atoms with Crippen LogP contribution in [-0.2, 0) is 51.4 Å². The predicted octanol–water partition coefficient (Wildman–Crippen LogP) is 15.9. The third kappa shape index (κ3) is 16.7. The molecule has 0 spiro atoms. The van der Waals surface area contributed by atoms with Gasteiger partial charge in [-0.1, -0.05) is 186 Å². The Labute approximate surface area is 372 Å². The molecule has 0 bridgehead atoms. The molecule has 0 atom stereocenters. The van der Waals surface area contributed by atoms with E-state index < -0.39 is 0 Å². The smallest absolute Gasteiger partial charge is 0.122 e. The van der Waals surface area contributed by atoms with Crippen LogP contribution in [0.5, 0.6) is 23.0 Å². The van der Waals surface area contributed by atoms with Gasteiger partial charge in [0.25, 0.3) is 0 Å². The van der Waals surface area contributed by atoms with E-state index in [1.165, 1.54) is 125 Å². The average Bonchev–Trinajstić information content (AvgIpc) is 3.25. The van der Waals surface area contributed by atoms with Crippen LogP contribution in [0.2, 0.25) is 0 Å². The van der Waals surface area contributed by atoms with Gasteiger partial charge in [0, 0.05) is 19.3 Å². The third-order valence-corrected chi connectivity index (χ3v) is 12.9. The SMILES string of the molecule is CCCCCCCc1ccc(O)c(Cc2cc(CCCCCCC)cc(Cc3cc(CCCCCCC)cc(Cc4cc(CCCCCCC)cc(CC)c4O)c3O)c2O)c1. The van der Waals surface area contributed by atoms with E-state index in [1.54, 1.807) is 0 Å². The van der Waals surface area contributed by atoms with Crippen LogP contribution >= 0.6 is 0 Å². The largest absolute Gasteiger partial charge is 0.508 e. The minimum Gasteiger partial charge on any atom is -0.508 e. The first-order valence-corrected chi connectivity index (χ1v) is 25.0. The standard InChI is InChI=1S/C57H84O4/c1-6-11-15-19-23-27-43-31-32-54(58)48(33-43)40-49-36-45(29-25-21-17-13-8-3)37-52(56(49)60)42-53-39-46(30-26-22-18-14-9-4)38-51(57(53)61)41-50-35-44(28-24-20-16-12-7-2)34-47(10-5)55(50)59/h31-39,58-61H,6-30,40-42H2,1-5H3. The molecular formula is C57H84O4. The molecule has 4 nitrogen and oxygen atoms in total. The Morgan fingerprint density at radius 3 is 0.918 bits per heavy atom. The highest BCUT2D eigenvalue weighted by atomic mass is 16.3. The lowest BCUT2D eigenvalue weighted by molar-refractivity contribution is 0.453. The zero-order valence-corrected chi connectivity index (χ0v) is 39.3. The van der Waals surface area contributed by atoms with Gasteiger partial charge in [-0.3, -0.25) is 0 Å². The highest BCUT2D eigenvalue weighted by Crippen LogP contribution is 2.37. The summed E-state index contributed by atoms with van der Waals surface area (Å²) in [4.78, 5) is 0. The first-order valence-electron chi connectivity index (χ1n) is 25.0. The molecule has 4 rings (SSSR count). The molecule has 0 fully saturated rings. The first-order chi connectivity index (χ1) is 29.7. The molecule has 61 heavy (non-hydrogen) atoms. The van der Waals surface area contributed by atoms with Crippen LogP contribution in [0, 0.1) is 0 Å². The Hall–Kier alpha value is -3.92. The van der Waals surface area contributed by atoms with E-state index >= 15 is 0 Å². The monoisotopic (exact) mass is 833 g/mol. The molecule has 0 aliphatic rings. The molecule has 4 aromatic carbocycles. The Morgan fingerprint density at radius 2 is 0.574 bits per heavy atom. The molecule has 4 heteroatoms. The zero-order chi connectivity index (χ0) is 43.8. The van der Waals surface area contributed by atoms with Gasteiger partial charge in [-0.25, -0.2) is 0 Å². The van der Waals surface area contributed by atoms with Crippen LogP contribution in [0.25, 0.3) is 0 Å². The number of aromatic hydroxyl groups is 4. The molecule has 0 aliphatic carbocycles. The van der Waals surface area contributed by atoms with Crippen molar-refractivity contribution in [3.63, 3.8) is 0 Å². The van der Waals surface area contributed by atoms with Crippen molar-refractivity contribution in [3.8, 4) is 23.0 Å². The quantitative estimate of drug-likeness (QED) is 0.0381. The number of rotatable bonds is 31. The number of hydrogen-bond donors (Lipinski definition) is 4. The molecule has 0 saturated heterocycles. The normalized spacial score (nSPS) is 11.5. The third-order valence-electron chi connectivity index (χ3n) is 12.9. The first kappa shape index (κ1) is 49.7. The Kier molecular flexibility index (Phi) is 22.8. The van der Waals surface area contributed by atoms with E-state index in [0.29, 0.717) is 25.0 Å². The van der Waals surface area contributed by atoms with Crippen molar-refractivity contribution in [1.29, 1.82) is 0 Å². The van der Waals surface area contributed by atoms with E-state index in [-0.39, 0.29) is 17.2 Å². The Morgan fingerprint density at radius 1 is 0.295 bits per heavy atom. The van der Waals surface area contributed by atoms with Crippen LogP contribution in [-0.4, -0.2) is 20.4 Å². The van der Waals surface area contributed by atoms with Crippen molar-refractivity contribution in [2.75, 3.05) is 0 Å². The molecular weight excluding hydrogens is 749 g/mol.